The molecule has 0 atom stereocenters. The number of benzene rings is 7. The van der Waals surface area contributed by atoms with Gasteiger partial charge in [0, 0.05) is 27.5 Å². The molecule has 4 nitrogen and oxygen atoms in total. The predicted octanol–water partition coefficient (Wildman–Crippen LogP) is 11.3. The zero-order chi connectivity index (χ0) is 31.2. The molecule has 0 fully saturated rings. The lowest BCUT2D eigenvalue weighted by atomic mass is 9.98. The van der Waals surface area contributed by atoms with Gasteiger partial charge < -0.3 is 4.42 Å². The number of hydrogen-bond acceptors (Lipinski definition) is 4. The third-order valence-corrected chi connectivity index (χ3v) is 8.77. The van der Waals surface area contributed by atoms with E-state index in [0.29, 0.717) is 17.5 Å². The SMILES string of the molecule is c1ccc(-c2ccc(-c3nc(-c4ccc(-c5cccc6oc7ccccc7c56)cc4)nc(-c4cccc5ccccc45)n3)cc2)cc1. The molecule has 2 heterocycles. The Morgan fingerprint density at radius 1 is 0.319 bits per heavy atom. The molecule has 0 aliphatic heterocycles. The van der Waals surface area contributed by atoms with Crippen molar-refractivity contribution >= 4 is 32.7 Å². The fourth-order valence-electron chi connectivity index (χ4n) is 6.43. The van der Waals surface area contributed by atoms with E-state index in [4.69, 9.17) is 19.4 Å². The van der Waals surface area contributed by atoms with Crippen molar-refractivity contribution in [2.24, 2.45) is 0 Å². The minimum absolute atomic E-state index is 0.628. The summed E-state index contributed by atoms with van der Waals surface area (Å²) in [5.41, 5.74) is 9.16. The number of hydrogen-bond donors (Lipinski definition) is 0. The number of para-hydroxylation sites is 1. The number of fused-ring (bicyclic) bond motifs is 4. The zero-order valence-electron chi connectivity index (χ0n) is 25.3. The Labute approximate surface area is 271 Å². The van der Waals surface area contributed by atoms with Crippen LogP contribution in [0.3, 0.4) is 0 Å². The Kier molecular flexibility index (Phi) is 6.43. The van der Waals surface area contributed by atoms with Gasteiger partial charge in [-0.25, -0.2) is 15.0 Å². The predicted molar refractivity (Wildman–Crippen MR) is 192 cm³/mol. The molecule has 0 radical (unpaired) electrons. The first-order valence-corrected chi connectivity index (χ1v) is 15.7. The molecule has 0 saturated carbocycles. The van der Waals surface area contributed by atoms with Crippen molar-refractivity contribution < 1.29 is 4.42 Å². The van der Waals surface area contributed by atoms with Crippen molar-refractivity contribution in [3.8, 4) is 56.4 Å². The Bertz CT molecular complexity index is 2550. The van der Waals surface area contributed by atoms with Crippen LogP contribution >= 0.6 is 0 Å². The Morgan fingerprint density at radius 3 is 1.60 bits per heavy atom. The van der Waals surface area contributed by atoms with Gasteiger partial charge in [-0.1, -0.05) is 152 Å². The minimum Gasteiger partial charge on any atom is -0.456 e. The molecular formula is C43H27N3O. The second-order valence-electron chi connectivity index (χ2n) is 11.6. The van der Waals surface area contributed by atoms with Gasteiger partial charge in [0.2, 0.25) is 0 Å². The fourth-order valence-corrected chi connectivity index (χ4v) is 6.43. The van der Waals surface area contributed by atoms with Gasteiger partial charge in [0.15, 0.2) is 17.5 Å². The second-order valence-corrected chi connectivity index (χ2v) is 11.6. The third-order valence-electron chi connectivity index (χ3n) is 8.77. The summed E-state index contributed by atoms with van der Waals surface area (Å²) in [6, 6.07) is 56.3. The summed E-state index contributed by atoms with van der Waals surface area (Å²) < 4.78 is 6.15. The summed E-state index contributed by atoms with van der Waals surface area (Å²) >= 11 is 0. The van der Waals surface area contributed by atoms with Crippen LogP contribution in [0.1, 0.15) is 0 Å². The van der Waals surface area contributed by atoms with Gasteiger partial charge >= 0.3 is 0 Å². The summed E-state index contributed by atoms with van der Waals surface area (Å²) in [4.78, 5) is 15.1. The molecule has 0 saturated heterocycles. The van der Waals surface area contributed by atoms with Gasteiger partial charge in [0.1, 0.15) is 11.2 Å². The summed E-state index contributed by atoms with van der Waals surface area (Å²) in [7, 11) is 0. The van der Waals surface area contributed by atoms with Gasteiger partial charge in [0.25, 0.3) is 0 Å². The molecule has 0 aliphatic carbocycles. The van der Waals surface area contributed by atoms with Gasteiger partial charge in [-0.2, -0.15) is 0 Å². The van der Waals surface area contributed by atoms with Crippen LogP contribution in [0.25, 0.3) is 89.1 Å². The van der Waals surface area contributed by atoms with Crippen molar-refractivity contribution in [1.82, 2.24) is 15.0 Å². The summed E-state index contributed by atoms with van der Waals surface area (Å²) in [5, 5.41) is 4.48. The first-order chi connectivity index (χ1) is 23.3. The second kappa shape index (κ2) is 11.2. The van der Waals surface area contributed by atoms with Crippen LogP contribution in [0.15, 0.2) is 168 Å². The highest BCUT2D eigenvalue weighted by molar-refractivity contribution is 6.12. The molecule has 0 amide bonds. The average molecular weight is 602 g/mol. The van der Waals surface area contributed by atoms with Crippen LogP contribution in [0.2, 0.25) is 0 Å². The standard InChI is InChI=1S/C43H27N3O/c1-2-10-28(11-3-1)29-20-24-32(25-21-29)41-44-42(46-43(45-41)36-17-8-13-30-12-4-5-14-34(30)36)33-26-22-31(23-27-33)35-16-9-19-39-40(35)37-15-6-7-18-38(37)47-39/h1-27H. The summed E-state index contributed by atoms with van der Waals surface area (Å²) in [6.07, 6.45) is 0. The highest BCUT2D eigenvalue weighted by atomic mass is 16.3. The van der Waals surface area contributed by atoms with E-state index in [-0.39, 0.29) is 0 Å². The van der Waals surface area contributed by atoms with Crippen molar-refractivity contribution in [3.05, 3.63) is 164 Å². The molecule has 0 N–H and O–H groups in total. The molecule has 0 spiro atoms. The van der Waals surface area contributed by atoms with E-state index in [1.165, 1.54) is 5.56 Å². The highest BCUT2D eigenvalue weighted by Crippen LogP contribution is 2.37. The molecule has 9 rings (SSSR count). The maximum atomic E-state index is 6.15. The molecule has 0 aliphatic rings. The van der Waals surface area contributed by atoms with Crippen molar-refractivity contribution in [1.29, 1.82) is 0 Å². The summed E-state index contributed by atoms with van der Waals surface area (Å²) in [5.74, 6) is 1.91. The Balaban J connectivity index is 1.17. The van der Waals surface area contributed by atoms with E-state index in [2.05, 4.69) is 133 Å². The van der Waals surface area contributed by atoms with E-state index in [1.54, 1.807) is 0 Å². The molecule has 0 unspecified atom stereocenters. The molecule has 9 aromatic rings. The fraction of sp³-hybridized carbons (Fsp3) is 0. The number of nitrogens with zero attached hydrogens (tertiary/aromatic N) is 3. The first kappa shape index (κ1) is 27.0. The zero-order valence-corrected chi connectivity index (χ0v) is 25.3. The van der Waals surface area contributed by atoms with Crippen LogP contribution in [0, 0.1) is 0 Å². The van der Waals surface area contributed by atoms with E-state index in [9.17, 15) is 0 Å². The lowest BCUT2D eigenvalue weighted by molar-refractivity contribution is 0.669. The lowest BCUT2D eigenvalue weighted by Gasteiger charge is -2.11. The van der Waals surface area contributed by atoms with Crippen molar-refractivity contribution in [2.75, 3.05) is 0 Å². The van der Waals surface area contributed by atoms with E-state index in [0.717, 1.165) is 66.1 Å². The van der Waals surface area contributed by atoms with Gasteiger partial charge in [-0.15, -0.1) is 0 Å². The molecule has 0 bridgehead atoms. The third kappa shape index (κ3) is 4.84. The van der Waals surface area contributed by atoms with Gasteiger partial charge in [-0.3, -0.25) is 0 Å². The number of aromatic nitrogens is 3. The van der Waals surface area contributed by atoms with Crippen LogP contribution in [-0.4, -0.2) is 15.0 Å². The molecule has 47 heavy (non-hydrogen) atoms. The molecule has 2 aromatic heterocycles. The first-order valence-electron chi connectivity index (χ1n) is 15.7. The maximum absolute atomic E-state index is 6.15. The largest absolute Gasteiger partial charge is 0.456 e. The van der Waals surface area contributed by atoms with E-state index < -0.39 is 0 Å². The topological polar surface area (TPSA) is 51.8 Å². The van der Waals surface area contributed by atoms with Gasteiger partial charge in [-0.05, 0) is 45.2 Å². The Morgan fingerprint density at radius 2 is 0.830 bits per heavy atom. The van der Waals surface area contributed by atoms with Crippen LogP contribution in [-0.2, 0) is 0 Å². The molecule has 220 valence electrons. The molecule has 4 heteroatoms. The normalized spacial score (nSPS) is 11.4. The van der Waals surface area contributed by atoms with Crippen molar-refractivity contribution in [3.63, 3.8) is 0 Å². The minimum atomic E-state index is 0.628. The maximum Gasteiger partial charge on any atom is 0.164 e. The van der Waals surface area contributed by atoms with E-state index >= 15 is 0 Å². The van der Waals surface area contributed by atoms with Crippen molar-refractivity contribution in [2.45, 2.75) is 0 Å². The Hall–Kier alpha value is -6.39. The summed E-state index contributed by atoms with van der Waals surface area (Å²) in [6.45, 7) is 0. The lowest BCUT2D eigenvalue weighted by Crippen LogP contribution is -2.00. The van der Waals surface area contributed by atoms with E-state index in [1.807, 2.05) is 30.3 Å². The van der Waals surface area contributed by atoms with Gasteiger partial charge in [0.05, 0.1) is 0 Å². The quantitative estimate of drug-likeness (QED) is 0.197. The van der Waals surface area contributed by atoms with Crippen LogP contribution < -0.4 is 0 Å². The van der Waals surface area contributed by atoms with Crippen LogP contribution in [0.5, 0.6) is 0 Å². The smallest absolute Gasteiger partial charge is 0.164 e. The number of furan rings is 1. The number of rotatable bonds is 5. The van der Waals surface area contributed by atoms with Crippen LogP contribution in [0.4, 0.5) is 0 Å². The average Bonchev–Trinajstić information content (AvgIpc) is 3.54. The molecule has 7 aromatic carbocycles. The monoisotopic (exact) mass is 601 g/mol. The highest BCUT2D eigenvalue weighted by Gasteiger charge is 2.16. The molecular weight excluding hydrogens is 574 g/mol.